The van der Waals surface area contributed by atoms with Crippen LogP contribution in [0.15, 0.2) is 24.3 Å². The molecular weight excluding hydrogens is 326 g/mol. The number of carbonyl (C=O) groups is 2. The highest BCUT2D eigenvalue weighted by atomic mass is 35.5. The number of piperidine rings is 1. The molecule has 5 nitrogen and oxygen atoms in total. The molecule has 1 aromatic carbocycles. The molecule has 132 valence electrons. The maximum Gasteiger partial charge on any atom is 0.321 e. The number of rotatable bonds is 5. The van der Waals surface area contributed by atoms with Gasteiger partial charge in [-0.1, -0.05) is 24.6 Å². The lowest BCUT2D eigenvalue weighted by atomic mass is 9.93. The van der Waals surface area contributed by atoms with Gasteiger partial charge in [-0.15, -0.1) is 0 Å². The average Bonchev–Trinajstić information content (AvgIpc) is 2.55. The predicted octanol–water partition coefficient (Wildman–Crippen LogP) is 3.89. The van der Waals surface area contributed by atoms with Gasteiger partial charge in [-0.2, -0.15) is 0 Å². The second-order valence-electron chi connectivity index (χ2n) is 6.45. The van der Waals surface area contributed by atoms with E-state index in [4.69, 9.17) is 11.6 Å². The lowest BCUT2D eigenvalue weighted by Gasteiger charge is -2.32. The smallest absolute Gasteiger partial charge is 0.321 e. The lowest BCUT2D eigenvalue weighted by molar-refractivity contribution is -0.122. The Morgan fingerprint density at radius 3 is 2.67 bits per heavy atom. The van der Waals surface area contributed by atoms with E-state index in [1.807, 2.05) is 13.0 Å². The highest BCUT2D eigenvalue weighted by Crippen LogP contribution is 2.22. The molecule has 1 fully saturated rings. The number of halogens is 1. The van der Waals surface area contributed by atoms with E-state index in [-0.39, 0.29) is 18.0 Å². The number of hydrogen-bond donors (Lipinski definition) is 2. The molecule has 24 heavy (non-hydrogen) atoms. The zero-order valence-electron chi connectivity index (χ0n) is 14.3. The van der Waals surface area contributed by atoms with Crippen LogP contribution in [0.3, 0.4) is 0 Å². The van der Waals surface area contributed by atoms with E-state index in [0.29, 0.717) is 36.1 Å². The summed E-state index contributed by atoms with van der Waals surface area (Å²) < 4.78 is 0. The van der Waals surface area contributed by atoms with Crippen molar-refractivity contribution in [3.05, 3.63) is 29.3 Å². The number of nitrogens with zero attached hydrogens (tertiary/aromatic N) is 1. The lowest BCUT2D eigenvalue weighted by Crippen LogP contribution is -2.42. The summed E-state index contributed by atoms with van der Waals surface area (Å²) in [5, 5.41) is 6.47. The number of carbonyl (C=O) groups excluding carboxylic acids is 2. The minimum absolute atomic E-state index is 0.111. The summed E-state index contributed by atoms with van der Waals surface area (Å²) in [5.74, 6) is 0.468. The number of anilines is 1. The van der Waals surface area contributed by atoms with Crippen LogP contribution in [0.2, 0.25) is 5.02 Å². The monoisotopic (exact) mass is 351 g/mol. The maximum absolute atomic E-state index is 12.3. The van der Waals surface area contributed by atoms with Crippen LogP contribution >= 0.6 is 11.6 Å². The molecule has 0 spiro atoms. The van der Waals surface area contributed by atoms with Gasteiger partial charge in [0, 0.05) is 36.3 Å². The van der Waals surface area contributed by atoms with E-state index < -0.39 is 0 Å². The van der Waals surface area contributed by atoms with Crippen LogP contribution in [-0.4, -0.2) is 36.0 Å². The summed E-state index contributed by atoms with van der Waals surface area (Å²) in [4.78, 5) is 26.0. The van der Waals surface area contributed by atoms with Crippen molar-refractivity contribution >= 4 is 29.2 Å². The summed E-state index contributed by atoms with van der Waals surface area (Å²) in [6, 6.07) is 7.23. The van der Waals surface area contributed by atoms with Gasteiger partial charge in [0.1, 0.15) is 0 Å². The van der Waals surface area contributed by atoms with Crippen molar-refractivity contribution in [1.29, 1.82) is 0 Å². The zero-order chi connectivity index (χ0) is 17.5. The molecule has 1 atom stereocenters. The van der Waals surface area contributed by atoms with Crippen LogP contribution in [0.1, 0.15) is 39.5 Å². The third kappa shape index (κ3) is 5.71. The van der Waals surface area contributed by atoms with Crippen molar-refractivity contribution in [1.82, 2.24) is 10.2 Å². The molecule has 1 aliphatic rings. The van der Waals surface area contributed by atoms with Crippen molar-refractivity contribution in [3.8, 4) is 0 Å². The Kier molecular flexibility index (Phi) is 6.91. The van der Waals surface area contributed by atoms with Gasteiger partial charge >= 0.3 is 6.03 Å². The fourth-order valence-electron chi connectivity index (χ4n) is 2.81. The SMILES string of the molecule is CC[C@H](C)NC(=O)CC1CCN(C(=O)Nc2cccc(Cl)c2)CC1. The largest absolute Gasteiger partial charge is 0.354 e. The van der Waals surface area contributed by atoms with E-state index in [1.54, 1.807) is 23.1 Å². The predicted molar refractivity (Wildman–Crippen MR) is 97.3 cm³/mol. The van der Waals surface area contributed by atoms with Gasteiger partial charge in [-0.25, -0.2) is 4.79 Å². The van der Waals surface area contributed by atoms with Crippen molar-refractivity contribution in [2.24, 2.45) is 5.92 Å². The number of likely N-dealkylation sites (tertiary alicyclic amines) is 1. The number of nitrogens with one attached hydrogen (secondary N) is 2. The van der Waals surface area contributed by atoms with Crippen LogP contribution in [0.5, 0.6) is 0 Å². The third-order valence-electron chi connectivity index (χ3n) is 4.47. The zero-order valence-corrected chi connectivity index (χ0v) is 15.1. The maximum atomic E-state index is 12.3. The molecule has 1 aromatic rings. The van der Waals surface area contributed by atoms with Crippen LogP contribution in [0.25, 0.3) is 0 Å². The molecule has 0 saturated carbocycles. The summed E-state index contributed by atoms with van der Waals surface area (Å²) >= 11 is 5.93. The van der Waals surface area contributed by atoms with Crippen LogP contribution in [-0.2, 0) is 4.79 Å². The molecule has 1 heterocycles. The molecule has 0 radical (unpaired) electrons. The average molecular weight is 352 g/mol. The summed E-state index contributed by atoms with van der Waals surface area (Å²) in [7, 11) is 0. The Hall–Kier alpha value is -1.75. The van der Waals surface area contributed by atoms with Gasteiger partial charge in [0.25, 0.3) is 0 Å². The molecule has 0 unspecified atom stereocenters. The van der Waals surface area contributed by atoms with E-state index in [9.17, 15) is 9.59 Å². The number of amides is 3. The summed E-state index contributed by atoms with van der Waals surface area (Å²) in [5.41, 5.74) is 0.697. The van der Waals surface area contributed by atoms with E-state index >= 15 is 0 Å². The number of benzene rings is 1. The molecular formula is C18H26ClN3O2. The highest BCUT2D eigenvalue weighted by Gasteiger charge is 2.24. The Morgan fingerprint density at radius 2 is 2.04 bits per heavy atom. The number of urea groups is 1. The standard InChI is InChI=1S/C18H26ClN3O2/c1-3-13(2)20-17(23)11-14-7-9-22(10-8-14)18(24)21-16-6-4-5-15(19)12-16/h4-6,12-14H,3,7-11H2,1-2H3,(H,20,23)(H,21,24)/t13-/m0/s1. The minimum atomic E-state index is -0.111. The molecule has 1 aliphatic heterocycles. The van der Waals surface area contributed by atoms with Gasteiger partial charge < -0.3 is 15.5 Å². The molecule has 2 rings (SSSR count). The first-order chi connectivity index (χ1) is 11.5. The van der Waals surface area contributed by atoms with Gasteiger partial charge in [0.05, 0.1) is 0 Å². The minimum Gasteiger partial charge on any atom is -0.354 e. The molecule has 0 aliphatic carbocycles. The first-order valence-corrected chi connectivity index (χ1v) is 8.96. The quantitative estimate of drug-likeness (QED) is 0.845. The Balaban J connectivity index is 1.75. The van der Waals surface area contributed by atoms with Gasteiger partial charge in [0.15, 0.2) is 0 Å². The molecule has 6 heteroatoms. The van der Waals surface area contributed by atoms with Crippen LogP contribution in [0.4, 0.5) is 10.5 Å². The highest BCUT2D eigenvalue weighted by molar-refractivity contribution is 6.30. The first kappa shape index (κ1) is 18.6. The second-order valence-corrected chi connectivity index (χ2v) is 6.89. The summed E-state index contributed by atoms with van der Waals surface area (Å²) in [6.07, 6.45) is 3.20. The van der Waals surface area contributed by atoms with E-state index in [0.717, 1.165) is 19.3 Å². The second kappa shape index (κ2) is 8.92. The van der Waals surface area contributed by atoms with Crippen molar-refractivity contribution < 1.29 is 9.59 Å². The summed E-state index contributed by atoms with van der Waals surface area (Å²) in [6.45, 7) is 5.42. The Morgan fingerprint density at radius 1 is 1.33 bits per heavy atom. The third-order valence-corrected chi connectivity index (χ3v) is 4.71. The Labute approximate surface area is 148 Å². The van der Waals surface area contributed by atoms with Crippen molar-refractivity contribution in [2.75, 3.05) is 18.4 Å². The molecule has 1 saturated heterocycles. The van der Waals surface area contributed by atoms with Gasteiger partial charge in [-0.05, 0) is 50.3 Å². The molecule has 0 aromatic heterocycles. The van der Waals surface area contributed by atoms with Crippen molar-refractivity contribution in [3.63, 3.8) is 0 Å². The van der Waals surface area contributed by atoms with E-state index in [1.165, 1.54) is 0 Å². The topological polar surface area (TPSA) is 61.4 Å². The number of hydrogen-bond acceptors (Lipinski definition) is 2. The van der Waals surface area contributed by atoms with Gasteiger partial charge in [-0.3, -0.25) is 4.79 Å². The fourth-order valence-corrected chi connectivity index (χ4v) is 3.00. The molecule has 0 bridgehead atoms. The van der Waals surface area contributed by atoms with E-state index in [2.05, 4.69) is 17.6 Å². The van der Waals surface area contributed by atoms with Crippen LogP contribution in [0, 0.1) is 5.92 Å². The van der Waals surface area contributed by atoms with Crippen LogP contribution < -0.4 is 10.6 Å². The fraction of sp³-hybridized carbons (Fsp3) is 0.556. The molecule has 2 N–H and O–H groups in total. The normalized spacial score (nSPS) is 16.5. The first-order valence-electron chi connectivity index (χ1n) is 8.58. The molecule has 3 amide bonds. The van der Waals surface area contributed by atoms with Gasteiger partial charge in [0.2, 0.25) is 5.91 Å². The van der Waals surface area contributed by atoms with Crippen molar-refractivity contribution in [2.45, 2.75) is 45.6 Å². The Bertz CT molecular complexity index is 571.